The van der Waals surface area contributed by atoms with Gasteiger partial charge in [0.15, 0.2) is 5.01 Å². The summed E-state index contributed by atoms with van der Waals surface area (Å²) in [6, 6.07) is 4.92. The van der Waals surface area contributed by atoms with Crippen molar-refractivity contribution in [3.63, 3.8) is 0 Å². The van der Waals surface area contributed by atoms with Crippen molar-refractivity contribution < 1.29 is 23.0 Å². The van der Waals surface area contributed by atoms with Gasteiger partial charge < -0.3 is 9.84 Å². The lowest BCUT2D eigenvalue weighted by Gasteiger charge is -2.13. The Labute approximate surface area is 125 Å². The van der Waals surface area contributed by atoms with Crippen LogP contribution in [0.3, 0.4) is 0 Å². The largest absolute Gasteiger partial charge is 0.496 e. The van der Waals surface area contributed by atoms with Crippen molar-refractivity contribution >= 4 is 27.3 Å². The minimum atomic E-state index is -4.51. The van der Waals surface area contributed by atoms with E-state index in [4.69, 9.17) is 4.74 Å². The molecule has 2 rings (SSSR count). The van der Waals surface area contributed by atoms with E-state index in [2.05, 4.69) is 20.9 Å². The van der Waals surface area contributed by atoms with Gasteiger partial charge in [0.2, 0.25) is 0 Å². The maximum Gasteiger partial charge on any atom is 0.443 e. The molecule has 1 heterocycles. The number of hydrogen-bond donors (Lipinski definition) is 1. The molecule has 0 radical (unpaired) electrons. The molecule has 1 aromatic heterocycles. The number of nitrogens with zero attached hydrogens (tertiary/aromatic N) is 1. The van der Waals surface area contributed by atoms with E-state index in [-0.39, 0.29) is 4.88 Å². The average Bonchev–Trinajstić information content (AvgIpc) is 2.87. The minimum absolute atomic E-state index is 0.105. The first-order valence-electron chi connectivity index (χ1n) is 5.37. The van der Waals surface area contributed by atoms with Crippen LogP contribution in [0, 0.1) is 0 Å². The van der Waals surface area contributed by atoms with E-state index < -0.39 is 17.3 Å². The summed E-state index contributed by atoms with van der Waals surface area (Å²) in [6.07, 6.45) is -4.71. The van der Waals surface area contributed by atoms with Crippen LogP contribution >= 0.6 is 27.3 Å². The van der Waals surface area contributed by atoms with E-state index in [0.717, 1.165) is 6.20 Å². The Kier molecular flexibility index (Phi) is 4.36. The predicted molar refractivity (Wildman–Crippen MR) is 71.9 cm³/mol. The average molecular weight is 368 g/mol. The molecule has 1 aromatic carbocycles. The van der Waals surface area contributed by atoms with Gasteiger partial charge >= 0.3 is 6.18 Å². The number of aliphatic hydroxyl groups is 1. The molecular formula is C12H9BrF3NO2S. The third-order valence-corrected chi connectivity index (χ3v) is 4.11. The summed E-state index contributed by atoms with van der Waals surface area (Å²) in [4.78, 5) is 3.40. The zero-order chi connectivity index (χ0) is 14.9. The molecule has 0 spiro atoms. The van der Waals surface area contributed by atoms with Crippen LogP contribution < -0.4 is 4.74 Å². The van der Waals surface area contributed by atoms with Crippen LogP contribution in [0.5, 0.6) is 5.75 Å². The number of aromatic nitrogens is 1. The van der Waals surface area contributed by atoms with Crippen molar-refractivity contribution in [2.75, 3.05) is 7.11 Å². The molecule has 108 valence electrons. The van der Waals surface area contributed by atoms with Crippen molar-refractivity contribution in [2.45, 2.75) is 12.3 Å². The predicted octanol–water partition coefficient (Wildman–Crippen LogP) is 4.01. The fourth-order valence-corrected chi connectivity index (χ4v) is 2.78. The topological polar surface area (TPSA) is 42.4 Å². The molecule has 1 N–H and O–H groups in total. The van der Waals surface area contributed by atoms with Crippen LogP contribution in [0.4, 0.5) is 13.2 Å². The Morgan fingerprint density at radius 2 is 2.10 bits per heavy atom. The van der Waals surface area contributed by atoms with Crippen molar-refractivity contribution in [3.8, 4) is 5.75 Å². The van der Waals surface area contributed by atoms with Crippen LogP contribution in [0.15, 0.2) is 28.9 Å². The summed E-state index contributed by atoms with van der Waals surface area (Å²) < 4.78 is 43.3. The van der Waals surface area contributed by atoms with E-state index in [1.165, 1.54) is 7.11 Å². The maximum atomic E-state index is 12.5. The first-order chi connectivity index (χ1) is 9.32. The highest BCUT2D eigenvalue weighted by Gasteiger charge is 2.35. The molecule has 0 saturated carbocycles. The van der Waals surface area contributed by atoms with Crippen molar-refractivity contribution in [2.24, 2.45) is 0 Å². The molecule has 0 amide bonds. The zero-order valence-electron chi connectivity index (χ0n) is 10.1. The lowest BCUT2D eigenvalue weighted by Crippen LogP contribution is -2.03. The molecule has 1 unspecified atom stereocenters. The van der Waals surface area contributed by atoms with E-state index >= 15 is 0 Å². The molecule has 0 aliphatic heterocycles. The normalized spacial score (nSPS) is 13.3. The first kappa shape index (κ1) is 15.3. The standard InChI is InChI=1S/C12H9BrF3NO2S/c1-19-8-3-2-6(13)4-7(8)10(18)9-5-17-11(20-9)12(14,15)16/h2-5,10,18H,1H3. The Morgan fingerprint density at radius 3 is 2.65 bits per heavy atom. The Balaban J connectivity index is 2.38. The smallest absolute Gasteiger partial charge is 0.443 e. The molecule has 0 bridgehead atoms. The van der Waals surface area contributed by atoms with Gasteiger partial charge in [-0.05, 0) is 18.2 Å². The number of methoxy groups -OCH3 is 1. The summed E-state index contributed by atoms with van der Waals surface area (Å²) in [5, 5.41) is 9.22. The second kappa shape index (κ2) is 5.71. The van der Waals surface area contributed by atoms with E-state index in [1.807, 2.05) is 0 Å². The number of benzene rings is 1. The Morgan fingerprint density at radius 1 is 1.40 bits per heavy atom. The number of rotatable bonds is 3. The molecular weight excluding hydrogens is 359 g/mol. The van der Waals surface area contributed by atoms with Gasteiger partial charge in [-0.15, -0.1) is 11.3 Å². The molecule has 1 atom stereocenters. The van der Waals surface area contributed by atoms with Crippen molar-refractivity contribution in [1.29, 1.82) is 0 Å². The molecule has 3 nitrogen and oxygen atoms in total. The lowest BCUT2D eigenvalue weighted by atomic mass is 10.1. The quantitative estimate of drug-likeness (QED) is 0.890. The molecule has 0 fully saturated rings. The second-order valence-corrected chi connectivity index (χ2v) is 5.83. The van der Waals surface area contributed by atoms with Crippen LogP contribution in [0.1, 0.15) is 21.6 Å². The van der Waals surface area contributed by atoms with Crippen molar-refractivity contribution in [3.05, 3.63) is 44.3 Å². The van der Waals surface area contributed by atoms with Crippen LogP contribution in [-0.2, 0) is 6.18 Å². The van der Waals surface area contributed by atoms with E-state index in [9.17, 15) is 18.3 Å². The van der Waals surface area contributed by atoms with Crippen LogP contribution in [0.2, 0.25) is 0 Å². The van der Waals surface area contributed by atoms with Gasteiger partial charge in [0, 0.05) is 16.2 Å². The summed E-state index contributed by atoms with van der Waals surface area (Å²) in [5.41, 5.74) is 0.374. The van der Waals surface area contributed by atoms with Gasteiger partial charge in [-0.25, -0.2) is 4.98 Å². The fourth-order valence-electron chi connectivity index (χ4n) is 1.62. The van der Waals surface area contributed by atoms with E-state index in [0.29, 0.717) is 27.1 Å². The number of hydrogen-bond acceptors (Lipinski definition) is 4. The molecule has 0 saturated heterocycles. The summed E-state index contributed by atoms with van der Waals surface area (Å²) in [6.45, 7) is 0. The van der Waals surface area contributed by atoms with Gasteiger partial charge in [0.05, 0.1) is 12.0 Å². The van der Waals surface area contributed by atoms with E-state index in [1.54, 1.807) is 18.2 Å². The fraction of sp³-hybridized carbons (Fsp3) is 0.250. The molecule has 8 heteroatoms. The number of halogens is 4. The Hall–Kier alpha value is -1.12. The molecule has 0 aliphatic rings. The number of alkyl halides is 3. The van der Waals surface area contributed by atoms with Gasteiger partial charge in [-0.2, -0.15) is 13.2 Å². The Bertz CT molecular complexity index is 615. The highest BCUT2D eigenvalue weighted by atomic mass is 79.9. The highest BCUT2D eigenvalue weighted by molar-refractivity contribution is 9.10. The van der Waals surface area contributed by atoms with Gasteiger partial charge in [0.1, 0.15) is 11.9 Å². The number of ether oxygens (including phenoxy) is 1. The maximum absolute atomic E-state index is 12.5. The SMILES string of the molecule is COc1ccc(Br)cc1C(O)c1cnc(C(F)(F)F)s1. The molecule has 2 aromatic rings. The zero-order valence-corrected chi connectivity index (χ0v) is 12.5. The summed E-state index contributed by atoms with van der Waals surface area (Å²) >= 11 is 3.66. The minimum Gasteiger partial charge on any atom is -0.496 e. The number of aliphatic hydroxyl groups excluding tert-OH is 1. The summed E-state index contributed by atoms with van der Waals surface area (Å²) in [5.74, 6) is 0.391. The van der Waals surface area contributed by atoms with Gasteiger partial charge in [-0.3, -0.25) is 0 Å². The second-order valence-electron chi connectivity index (χ2n) is 3.85. The monoisotopic (exact) mass is 367 g/mol. The van der Waals surface area contributed by atoms with Crippen LogP contribution in [0.25, 0.3) is 0 Å². The highest BCUT2D eigenvalue weighted by Crippen LogP contribution is 2.38. The molecule has 20 heavy (non-hydrogen) atoms. The third-order valence-electron chi connectivity index (χ3n) is 2.52. The summed E-state index contributed by atoms with van der Waals surface area (Å²) in [7, 11) is 1.42. The van der Waals surface area contributed by atoms with Crippen molar-refractivity contribution in [1.82, 2.24) is 4.98 Å². The van der Waals surface area contributed by atoms with Gasteiger partial charge in [0.25, 0.3) is 0 Å². The number of thiazole rings is 1. The lowest BCUT2D eigenvalue weighted by molar-refractivity contribution is -0.137. The first-order valence-corrected chi connectivity index (χ1v) is 6.98. The molecule has 0 aliphatic carbocycles. The van der Waals surface area contributed by atoms with Gasteiger partial charge in [-0.1, -0.05) is 15.9 Å². The van der Waals surface area contributed by atoms with Crippen LogP contribution in [-0.4, -0.2) is 17.2 Å². The third kappa shape index (κ3) is 3.13.